The lowest BCUT2D eigenvalue weighted by Gasteiger charge is -2.15. The van der Waals surface area contributed by atoms with Gasteiger partial charge in [-0.15, -0.1) is 24.0 Å². The molecule has 0 unspecified atom stereocenters. The van der Waals surface area contributed by atoms with Crippen molar-refractivity contribution in [1.29, 1.82) is 5.26 Å². The van der Waals surface area contributed by atoms with Crippen LogP contribution in [0.2, 0.25) is 5.02 Å². The van der Waals surface area contributed by atoms with E-state index in [-0.39, 0.29) is 36.3 Å². The molecule has 0 aliphatic rings. The lowest BCUT2D eigenvalue weighted by molar-refractivity contribution is -0.0504. The molecule has 2 aromatic rings. The van der Waals surface area contributed by atoms with Crippen LogP contribution in [0.3, 0.4) is 0 Å². The van der Waals surface area contributed by atoms with Gasteiger partial charge in [-0.25, -0.2) is 0 Å². The molecule has 144 valence electrons. The van der Waals surface area contributed by atoms with Gasteiger partial charge in [0.1, 0.15) is 5.75 Å². The second-order valence-electron chi connectivity index (χ2n) is 5.22. The maximum atomic E-state index is 12.5. The Morgan fingerprint density at radius 1 is 1.22 bits per heavy atom. The quantitative estimate of drug-likeness (QED) is 0.348. The topological polar surface area (TPSA) is 69.4 Å². The SMILES string of the molecule is CN=C(NCc1cccc(C#N)c1)NCc1cc(Cl)ccc1OC(F)F.I. The number of guanidine groups is 1. The van der Waals surface area contributed by atoms with Crippen LogP contribution in [-0.4, -0.2) is 19.6 Å². The smallest absolute Gasteiger partial charge is 0.387 e. The van der Waals surface area contributed by atoms with Gasteiger partial charge in [-0.2, -0.15) is 14.0 Å². The van der Waals surface area contributed by atoms with Crippen LogP contribution in [-0.2, 0) is 13.1 Å². The van der Waals surface area contributed by atoms with Gasteiger partial charge in [0.05, 0.1) is 11.6 Å². The number of rotatable bonds is 6. The summed E-state index contributed by atoms with van der Waals surface area (Å²) >= 11 is 5.93. The molecule has 2 rings (SSSR count). The Hall–Kier alpha value is -2.12. The lowest BCUT2D eigenvalue weighted by atomic mass is 10.1. The summed E-state index contributed by atoms with van der Waals surface area (Å²) in [7, 11) is 1.59. The van der Waals surface area contributed by atoms with Gasteiger partial charge in [0.2, 0.25) is 0 Å². The van der Waals surface area contributed by atoms with Gasteiger partial charge in [0, 0.05) is 30.7 Å². The molecule has 0 aliphatic carbocycles. The minimum Gasteiger partial charge on any atom is -0.434 e. The number of halogens is 4. The van der Waals surface area contributed by atoms with E-state index in [1.54, 1.807) is 31.3 Å². The molecule has 2 N–H and O–H groups in total. The van der Waals surface area contributed by atoms with Gasteiger partial charge in [-0.05, 0) is 35.9 Å². The molecule has 0 aliphatic heterocycles. The average Bonchev–Trinajstić information content (AvgIpc) is 2.63. The fraction of sp³-hybridized carbons (Fsp3) is 0.222. The van der Waals surface area contributed by atoms with E-state index in [0.29, 0.717) is 28.7 Å². The molecule has 27 heavy (non-hydrogen) atoms. The zero-order chi connectivity index (χ0) is 18.9. The first-order valence-corrected chi connectivity index (χ1v) is 8.06. The summed E-state index contributed by atoms with van der Waals surface area (Å²) in [6.45, 7) is -2.27. The van der Waals surface area contributed by atoms with Crippen LogP contribution in [0.1, 0.15) is 16.7 Å². The molecule has 0 fully saturated rings. The second kappa shape index (κ2) is 11.6. The van der Waals surface area contributed by atoms with E-state index in [4.69, 9.17) is 16.9 Å². The minimum atomic E-state index is -2.92. The van der Waals surface area contributed by atoms with Crippen molar-refractivity contribution in [3.63, 3.8) is 0 Å². The molecule has 0 bridgehead atoms. The molecule has 2 aromatic carbocycles. The number of nitriles is 1. The Balaban J connectivity index is 0.00000364. The number of hydrogen-bond donors (Lipinski definition) is 2. The van der Waals surface area contributed by atoms with E-state index in [0.717, 1.165) is 5.56 Å². The summed E-state index contributed by atoms with van der Waals surface area (Å²) < 4.78 is 29.5. The number of aliphatic imine (C=N–C) groups is 1. The average molecular weight is 507 g/mol. The van der Waals surface area contributed by atoms with Crippen molar-refractivity contribution < 1.29 is 13.5 Å². The van der Waals surface area contributed by atoms with Crippen molar-refractivity contribution in [2.75, 3.05) is 7.05 Å². The third kappa shape index (κ3) is 7.56. The Labute approximate surface area is 178 Å². The monoisotopic (exact) mass is 506 g/mol. The van der Waals surface area contributed by atoms with Crippen molar-refractivity contribution in [1.82, 2.24) is 10.6 Å². The van der Waals surface area contributed by atoms with Crippen LogP contribution in [0.4, 0.5) is 8.78 Å². The van der Waals surface area contributed by atoms with Gasteiger partial charge >= 0.3 is 6.61 Å². The number of alkyl halides is 2. The van der Waals surface area contributed by atoms with E-state index >= 15 is 0 Å². The molecular formula is C18H18ClF2IN4O. The Bertz CT molecular complexity index is 827. The number of nitrogens with one attached hydrogen (secondary N) is 2. The third-order valence-electron chi connectivity index (χ3n) is 3.42. The predicted octanol–water partition coefficient (Wildman–Crippen LogP) is 4.30. The van der Waals surface area contributed by atoms with Crippen molar-refractivity contribution in [2.24, 2.45) is 4.99 Å². The first kappa shape index (κ1) is 22.9. The summed E-state index contributed by atoms with van der Waals surface area (Å²) in [6, 6.07) is 13.7. The first-order chi connectivity index (χ1) is 12.5. The summed E-state index contributed by atoms with van der Waals surface area (Å²) in [6.07, 6.45) is 0. The molecule has 0 saturated heterocycles. The van der Waals surface area contributed by atoms with Gasteiger partial charge in [0.25, 0.3) is 0 Å². The molecule has 9 heteroatoms. The van der Waals surface area contributed by atoms with Crippen molar-refractivity contribution >= 4 is 41.5 Å². The van der Waals surface area contributed by atoms with Crippen LogP contribution >= 0.6 is 35.6 Å². The molecular weight excluding hydrogens is 489 g/mol. The summed E-state index contributed by atoms with van der Waals surface area (Å²) in [4.78, 5) is 4.08. The van der Waals surface area contributed by atoms with E-state index in [1.165, 1.54) is 12.1 Å². The Morgan fingerprint density at radius 2 is 1.96 bits per heavy atom. The van der Waals surface area contributed by atoms with E-state index in [2.05, 4.69) is 26.4 Å². The van der Waals surface area contributed by atoms with Crippen molar-refractivity contribution in [2.45, 2.75) is 19.7 Å². The van der Waals surface area contributed by atoms with E-state index < -0.39 is 6.61 Å². The zero-order valence-electron chi connectivity index (χ0n) is 14.4. The largest absolute Gasteiger partial charge is 0.434 e. The number of hydrogen-bond acceptors (Lipinski definition) is 3. The van der Waals surface area contributed by atoms with Gasteiger partial charge in [-0.3, -0.25) is 4.99 Å². The number of nitrogens with zero attached hydrogens (tertiary/aromatic N) is 2. The van der Waals surface area contributed by atoms with Crippen LogP contribution < -0.4 is 15.4 Å². The van der Waals surface area contributed by atoms with E-state index in [9.17, 15) is 8.78 Å². The number of benzene rings is 2. The fourth-order valence-corrected chi connectivity index (χ4v) is 2.43. The molecule has 0 heterocycles. The highest BCUT2D eigenvalue weighted by Gasteiger charge is 2.11. The zero-order valence-corrected chi connectivity index (χ0v) is 17.5. The molecule has 0 spiro atoms. The number of ether oxygens (including phenoxy) is 1. The van der Waals surface area contributed by atoms with Crippen LogP contribution in [0.15, 0.2) is 47.5 Å². The van der Waals surface area contributed by atoms with E-state index in [1.807, 2.05) is 6.07 Å². The van der Waals surface area contributed by atoms with Crippen molar-refractivity contribution in [3.8, 4) is 11.8 Å². The summed E-state index contributed by atoms with van der Waals surface area (Å²) in [5.41, 5.74) is 1.96. The fourth-order valence-electron chi connectivity index (χ4n) is 2.23. The molecule has 5 nitrogen and oxygen atoms in total. The maximum absolute atomic E-state index is 12.5. The highest BCUT2D eigenvalue weighted by Crippen LogP contribution is 2.24. The molecule has 0 atom stereocenters. The third-order valence-corrected chi connectivity index (χ3v) is 3.66. The summed E-state index contributed by atoms with van der Waals surface area (Å²) in [5, 5.41) is 15.4. The van der Waals surface area contributed by atoms with Crippen molar-refractivity contribution in [3.05, 3.63) is 64.2 Å². The molecule has 0 aromatic heterocycles. The van der Waals surface area contributed by atoms with Gasteiger partial charge in [-0.1, -0.05) is 23.7 Å². The standard InChI is InChI=1S/C18H17ClF2N4O.HI/c1-23-18(24-10-13-4-2-3-12(7-13)9-22)25-11-14-8-15(19)5-6-16(14)26-17(20)21;/h2-8,17H,10-11H2,1H3,(H2,23,24,25);1H. The van der Waals surface area contributed by atoms with Crippen LogP contribution in [0.5, 0.6) is 5.75 Å². The van der Waals surface area contributed by atoms with Gasteiger partial charge < -0.3 is 15.4 Å². The second-order valence-corrected chi connectivity index (χ2v) is 5.66. The normalized spacial score (nSPS) is 10.7. The van der Waals surface area contributed by atoms with Gasteiger partial charge in [0.15, 0.2) is 5.96 Å². The molecule has 0 saturated carbocycles. The lowest BCUT2D eigenvalue weighted by Crippen LogP contribution is -2.36. The highest BCUT2D eigenvalue weighted by molar-refractivity contribution is 14.0. The summed E-state index contributed by atoms with van der Waals surface area (Å²) in [5.74, 6) is 0.518. The Kier molecular flexibility index (Phi) is 9.82. The molecule has 0 radical (unpaired) electrons. The Morgan fingerprint density at radius 3 is 2.63 bits per heavy atom. The minimum absolute atomic E-state index is 0. The van der Waals surface area contributed by atoms with Crippen LogP contribution in [0.25, 0.3) is 0 Å². The van der Waals surface area contributed by atoms with Crippen LogP contribution in [0, 0.1) is 11.3 Å². The first-order valence-electron chi connectivity index (χ1n) is 7.68. The maximum Gasteiger partial charge on any atom is 0.387 e. The highest BCUT2D eigenvalue weighted by atomic mass is 127. The predicted molar refractivity (Wildman–Crippen MR) is 112 cm³/mol. The molecule has 0 amide bonds.